The summed E-state index contributed by atoms with van der Waals surface area (Å²) in [7, 11) is 0. The summed E-state index contributed by atoms with van der Waals surface area (Å²) in [6.45, 7) is 2.48. The second-order valence-electron chi connectivity index (χ2n) is 7.94. The van der Waals surface area contributed by atoms with E-state index in [4.69, 9.17) is 4.42 Å². The molecule has 1 aliphatic carbocycles. The number of anilines is 1. The molecule has 0 radical (unpaired) electrons. The first-order chi connectivity index (χ1) is 15.7. The molecule has 1 amide bonds. The van der Waals surface area contributed by atoms with Gasteiger partial charge >= 0.3 is 0 Å². The molecule has 0 saturated carbocycles. The lowest BCUT2D eigenvalue weighted by atomic mass is 10.1. The van der Waals surface area contributed by atoms with Gasteiger partial charge in [-0.25, -0.2) is 0 Å². The monoisotopic (exact) mass is 444 g/mol. The average Bonchev–Trinajstić information content (AvgIpc) is 3.56. The van der Waals surface area contributed by atoms with Crippen LogP contribution in [0, 0.1) is 0 Å². The first-order valence-electron chi connectivity index (χ1n) is 10.8. The predicted octanol–water partition coefficient (Wildman–Crippen LogP) is 5.19. The van der Waals surface area contributed by atoms with Gasteiger partial charge in [-0.3, -0.25) is 9.36 Å². The Morgan fingerprint density at radius 3 is 2.75 bits per heavy atom. The van der Waals surface area contributed by atoms with Gasteiger partial charge in [0.05, 0.1) is 18.1 Å². The standard InChI is InChI=1S/C25H24N4O2S/c1-17(24(30)26-21-13-12-19-9-5-10-20(19)15-21)32-25-28-27-23(22-11-6-14-31-22)29(25)16-18-7-3-2-4-8-18/h2-4,6-8,11-15,17H,5,9-10,16H2,1H3,(H,26,30)/t17-/m1/s1. The highest BCUT2D eigenvalue weighted by atomic mass is 32.2. The largest absolute Gasteiger partial charge is 0.461 e. The van der Waals surface area contributed by atoms with Crippen LogP contribution >= 0.6 is 11.8 Å². The lowest BCUT2D eigenvalue weighted by molar-refractivity contribution is -0.115. The van der Waals surface area contributed by atoms with E-state index in [0.717, 1.165) is 24.1 Å². The van der Waals surface area contributed by atoms with Gasteiger partial charge in [-0.2, -0.15) is 0 Å². The Bertz CT molecular complexity index is 1220. The topological polar surface area (TPSA) is 73.0 Å². The summed E-state index contributed by atoms with van der Waals surface area (Å²) in [4.78, 5) is 12.9. The van der Waals surface area contributed by atoms with Crippen molar-refractivity contribution in [3.8, 4) is 11.6 Å². The molecule has 0 spiro atoms. The zero-order valence-electron chi connectivity index (χ0n) is 17.8. The van der Waals surface area contributed by atoms with Gasteiger partial charge in [0, 0.05) is 5.69 Å². The van der Waals surface area contributed by atoms with Crippen molar-refractivity contribution < 1.29 is 9.21 Å². The predicted molar refractivity (Wildman–Crippen MR) is 126 cm³/mol. The number of carbonyl (C=O) groups is 1. The molecule has 2 aromatic heterocycles. The number of amides is 1. The number of nitrogens with one attached hydrogen (secondary N) is 1. The molecule has 2 aromatic carbocycles. The Morgan fingerprint density at radius 2 is 1.94 bits per heavy atom. The molecular weight excluding hydrogens is 420 g/mol. The molecule has 5 rings (SSSR count). The highest BCUT2D eigenvalue weighted by Gasteiger charge is 2.22. The van der Waals surface area contributed by atoms with Crippen LogP contribution in [0.1, 0.15) is 30.0 Å². The first-order valence-corrected chi connectivity index (χ1v) is 11.7. The van der Waals surface area contributed by atoms with Gasteiger partial charge in [0.15, 0.2) is 10.9 Å². The van der Waals surface area contributed by atoms with Crippen molar-refractivity contribution in [1.29, 1.82) is 0 Å². The van der Waals surface area contributed by atoms with Crippen LogP contribution in [0.4, 0.5) is 5.69 Å². The fourth-order valence-corrected chi connectivity index (χ4v) is 4.83. The number of hydrogen-bond acceptors (Lipinski definition) is 5. The summed E-state index contributed by atoms with van der Waals surface area (Å²) in [5.41, 5.74) is 4.71. The average molecular weight is 445 g/mol. The number of benzene rings is 2. The number of hydrogen-bond donors (Lipinski definition) is 1. The van der Waals surface area contributed by atoms with Crippen molar-refractivity contribution >= 4 is 23.4 Å². The van der Waals surface area contributed by atoms with E-state index >= 15 is 0 Å². The summed E-state index contributed by atoms with van der Waals surface area (Å²) in [6, 6.07) is 20.0. The Morgan fingerprint density at radius 1 is 1.09 bits per heavy atom. The lowest BCUT2D eigenvalue weighted by Gasteiger charge is -2.14. The maximum absolute atomic E-state index is 12.9. The summed E-state index contributed by atoms with van der Waals surface area (Å²) < 4.78 is 7.57. The number of aryl methyl sites for hydroxylation is 2. The molecule has 2 heterocycles. The van der Waals surface area contributed by atoms with Gasteiger partial charge in [-0.1, -0.05) is 48.2 Å². The molecule has 1 atom stereocenters. The molecule has 0 unspecified atom stereocenters. The number of rotatable bonds is 7. The number of furan rings is 1. The Kier molecular flexibility index (Phi) is 5.81. The molecule has 1 N–H and O–H groups in total. The quantitative estimate of drug-likeness (QED) is 0.397. The van der Waals surface area contributed by atoms with E-state index in [-0.39, 0.29) is 11.2 Å². The second kappa shape index (κ2) is 9.04. The van der Waals surface area contributed by atoms with Gasteiger partial charge in [0.1, 0.15) is 0 Å². The first kappa shape index (κ1) is 20.6. The molecule has 0 saturated heterocycles. The molecule has 0 fully saturated rings. The third-order valence-electron chi connectivity index (χ3n) is 5.66. The van der Waals surface area contributed by atoms with E-state index in [1.54, 1.807) is 6.26 Å². The van der Waals surface area contributed by atoms with Gasteiger partial charge in [0.25, 0.3) is 0 Å². The number of aromatic nitrogens is 3. The SMILES string of the molecule is C[C@@H](Sc1nnc(-c2ccco2)n1Cc1ccccc1)C(=O)Nc1ccc2c(c1)CCC2. The van der Waals surface area contributed by atoms with Crippen LogP contribution in [0.15, 0.2) is 76.5 Å². The summed E-state index contributed by atoms with van der Waals surface area (Å²) in [6.07, 6.45) is 5.02. The summed E-state index contributed by atoms with van der Waals surface area (Å²) in [5, 5.41) is 12.1. The number of nitrogens with zero attached hydrogens (tertiary/aromatic N) is 3. The zero-order valence-corrected chi connectivity index (χ0v) is 18.6. The molecule has 32 heavy (non-hydrogen) atoms. The normalized spacial score (nSPS) is 13.7. The minimum Gasteiger partial charge on any atom is -0.461 e. The maximum Gasteiger partial charge on any atom is 0.237 e. The molecule has 4 aromatic rings. The minimum atomic E-state index is -0.341. The van der Waals surface area contributed by atoms with Crippen molar-refractivity contribution in [2.75, 3.05) is 5.32 Å². The Balaban J connectivity index is 1.35. The van der Waals surface area contributed by atoms with Crippen LogP contribution in [0.5, 0.6) is 0 Å². The fraction of sp³-hybridized carbons (Fsp3) is 0.240. The molecule has 0 aliphatic heterocycles. The summed E-state index contributed by atoms with van der Waals surface area (Å²) in [5.74, 6) is 1.24. The Hall–Kier alpha value is -3.32. The van der Waals surface area contributed by atoms with Gasteiger partial charge in [-0.05, 0) is 67.1 Å². The minimum absolute atomic E-state index is 0.0539. The smallest absolute Gasteiger partial charge is 0.237 e. The van der Waals surface area contributed by atoms with E-state index < -0.39 is 0 Å². The van der Waals surface area contributed by atoms with Crippen molar-refractivity contribution in [2.45, 2.75) is 43.1 Å². The molecule has 162 valence electrons. The van der Waals surface area contributed by atoms with Crippen molar-refractivity contribution in [2.24, 2.45) is 0 Å². The van der Waals surface area contributed by atoms with E-state index in [0.29, 0.717) is 23.3 Å². The lowest BCUT2D eigenvalue weighted by Crippen LogP contribution is -2.23. The molecule has 0 bridgehead atoms. The number of fused-ring (bicyclic) bond motifs is 1. The van der Waals surface area contributed by atoms with Gasteiger partial charge in [0.2, 0.25) is 11.7 Å². The Labute approximate surface area is 191 Å². The van der Waals surface area contributed by atoms with Crippen LogP contribution in [-0.2, 0) is 24.2 Å². The zero-order chi connectivity index (χ0) is 21.9. The van der Waals surface area contributed by atoms with Crippen molar-refractivity contribution in [1.82, 2.24) is 14.8 Å². The van der Waals surface area contributed by atoms with E-state index in [2.05, 4.69) is 39.8 Å². The third kappa shape index (κ3) is 4.34. The highest BCUT2D eigenvalue weighted by molar-refractivity contribution is 8.00. The molecule has 1 aliphatic rings. The van der Waals surface area contributed by atoms with E-state index in [9.17, 15) is 4.79 Å². The molecular formula is C25H24N4O2S. The van der Waals surface area contributed by atoms with Crippen LogP contribution < -0.4 is 5.32 Å². The molecule has 6 nitrogen and oxygen atoms in total. The highest BCUT2D eigenvalue weighted by Crippen LogP contribution is 2.29. The maximum atomic E-state index is 12.9. The van der Waals surface area contributed by atoms with Crippen molar-refractivity contribution in [3.05, 3.63) is 83.6 Å². The fourth-order valence-electron chi connectivity index (χ4n) is 3.98. The van der Waals surface area contributed by atoms with Crippen LogP contribution in [0.3, 0.4) is 0 Å². The van der Waals surface area contributed by atoms with E-state index in [1.165, 1.54) is 29.3 Å². The van der Waals surface area contributed by atoms with E-state index in [1.807, 2.05) is 47.9 Å². The van der Waals surface area contributed by atoms with Gasteiger partial charge in [-0.15, -0.1) is 10.2 Å². The van der Waals surface area contributed by atoms with Gasteiger partial charge < -0.3 is 9.73 Å². The van der Waals surface area contributed by atoms with Crippen LogP contribution in [0.25, 0.3) is 11.6 Å². The second-order valence-corrected chi connectivity index (χ2v) is 9.25. The summed E-state index contributed by atoms with van der Waals surface area (Å²) >= 11 is 1.40. The number of carbonyl (C=O) groups excluding carboxylic acids is 1. The van der Waals surface area contributed by atoms with Crippen LogP contribution in [-0.4, -0.2) is 25.9 Å². The van der Waals surface area contributed by atoms with Crippen molar-refractivity contribution in [3.63, 3.8) is 0 Å². The van der Waals surface area contributed by atoms with Crippen LogP contribution in [0.2, 0.25) is 0 Å². The molecule has 7 heteroatoms. The number of thioether (sulfide) groups is 1. The third-order valence-corrected chi connectivity index (χ3v) is 6.74.